The second-order valence-corrected chi connectivity index (χ2v) is 13.9. The standard InChI is InChI=1S/C28H33N3O7S3/c1-5-12-31-20-11-9-18(37-6-2)14-22(20)40-28(31)30-24(33)16-41(35,36)15-23(32)29-26-25(27(34)38-7-3)19-10-8-17(4)13-21(19)39-26/h5,9,11,14,17H,1,6-8,10,12-13,15-16H2,2-4H3,(H,29,32). The minimum atomic E-state index is -4.16. The van der Waals surface area contributed by atoms with Crippen LogP contribution in [-0.4, -0.2) is 55.5 Å². The number of hydrogen-bond acceptors (Lipinski definition) is 9. The average Bonchev–Trinajstić information content (AvgIpc) is 3.40. The van der Waals surface area contributed by atoms with Crippen LogP contribution in [0.5, 0.6) is 5.75 Å². The Balaban J connectivity index is 1.52. The van der Waals surface area contributed by atoms with Crippen LogP contribution in [0.1, 0.15) is 48.0 Å². The predicted octanol–water partition coefficient (Wildman–Crippen LogP) is 4.13. The van der Waals surface area contributed by atoms with Gasteiger partial charge < -0.3 is 19.4 Å². The van der Waals surface area contributed by atoms with Gasteiger partial charge in [0.2, 0.25) is 5.91 Å². The van der Waals surface area contributed by atoms with E-state index in [-0.39, 0.29) is 11.6 Å². The minimum Gasteiger partial charge on any atom is -0.494 e. The Kier molecular flexibility index (Phi) is 9.82. The van der Waals surface area contributed by atoms with Crippen molar-refractivity contribution < 1.29 is 32.3 Å². The highest BCUT2D eigenvalue weighted by atomic mass is 32.2. The van der Waals surface area contributed by atoms with Crippen molar-refractivity contribution in [3.05, 3.63) is 51.7 Å². The van der Waals surface area contributed by atoms with Crippen LogP contribution in [0.4, 0.5) is 5.00 Å². The maximum atomic E-state index is 12.8. The lowest BCUT2D eigenvalue weighted by Crippen LogP contribution is -2.28. The maximum absolute atomic E-state index is 12.8. The average molecular weight is 620 g/mol. The molecule has 220 valence electrons. The predicted molar refractivity (Wildman–Crippen MR) is 160 cm³/mol. The number of sulfone groups is 1. The number of ether oxygens (including phenoxy) is 2. The van der Waals surface area contributed by atoms with Gasteiger partial charge in [-0.05, 0) is 62.8 Å². The second kappa shape index (κ2) is 13.1. The number of thiazole rings is 1. The van der Waals surface area contributed by atoms with Gasteiger partial charge in [-0.1, -0.05) is 24.3 Å². The Bertz CT molecular complexity index is 1660. The number of thiophene rings is 1. The summed E-state index contributed by atoms with van der Waals surface area (Å²) in [6.07, 6.45) is 4.01. The third-order valence-corrected chi connectivity index (χ3v) is 10.0. The maximum Gasteiger partial charge on any atom is 0.341 e. The number of esters is 1. The van der Waals surface area contributed by atoms with E-state index in [9.17, 15) is 22.8 Å². The van der Waals surface area contributed by atoms with Crippen molar-refractivity contribution in [2.45, 2.75) is 46.6 Å². The van der Waals surface area contributed by atoms with Crippen molar-refractivity contribution in [3.63, 3.8) is 0 Å². The van der Waals surface area contributed by atoms with Crippen molar-refractivity contribution >= 4 is 65.5 Å². The smallest absolute Gasteiger partial charge is 0.341 e. The Labute approximate surface area is 246 Å². The van der Waals surface area contributed by atoms with Gasteiger partial charge in [0.1, 0.15) is 22.3 Å². The first-order chi connectivity index (χ1) is 19.5. The van der Waals surface area contributed by atoms with Crippen molar-refractivity contribution in [3.8, 4) is 5.75 Å². The van der Waals surface area contributed by atoms with Crippen molar-refractivity contribution in [2.75, 3.05) is 30.0 Å². The zero-order chi connectivity index (χ0) is 29.7. The van der Waals surface area contributed by atoms with Gasteiger partial charge in [-0.25, -0.2) is 13.2 Å². The van der Waals surface area contributed by atoms with Gasteiger partial charge >= 0.3 is 5.97 Å². The number of aromatic nitrogens is 1. The molecule has 0 spiro atoms. The molecule has 3 aromatic rings. The summed E-state index contributed by atoms with van der Waals surface area (Å²) in [5.41, 5.74) is 1.94. The second-order valence-electron chi connectivity index (χ2n) is 9.71. The lowest BCUT2D eigenvalue weighted by molar-refractivity contribution is -0.115. The Morgan fingerprint density at radius 1 is 1.20 bits per heavy atom. The van der Waals surface area contributed by atoms with E-state index in [2.05, 4.69) is 23.8 Å². The first-order valence-corrected chi connectivity index (χ1v) is 16.8. The van der Waals surface area contributed by atoms with E-state index in [0.717, 1.165) is 33.5 Å². The highest BCUT2D eigenvalue weighted by Crippen LogP contribution is 2.40. The largest absolute Gasteiger partial charge is 0.494 e. The topological polar surface area (TPSA) is 133 Å². The molecule has 13 heteroatoms. The fraction of sp³-hybridized carbons (Fsp3) is 0.429. The molecule has 1 N–H and O–H groups in total. The van der Waals surface area contributed by atoms with E-state index in [0.29, 0.717) is 41.6 Å². The van der Waals surface area contributed by atoms with Gasteiger partial charge in [0, 0.05) is 11.4 Å². The summed E-state index contributed by atoms with van der Waals surface area (Å²) in [7, 11) is -4.16. The van der Waals surface area contributed by atoms with E-state index in [1.165, 1.54) is 22.7 Å². The molecular weight excluding hydrogens is 587 g/mol. The van der Waals surface area contributed by atoms with Crippen LogP contribution >= 0.6 is 22.7 Å². The van der Waals surface area contributed by atoms with Crippen LogP contribution in [0.2, 0.25) is 0 Å². The monoisotopic (exact) mass is 619 g/mol. The summed E-state index contributed by atoms with van der Waals surface area (Å²) < 4.78 is 39.0. The number of nitrogens with zero attached hydrogens (tertiary/aromatic N) is 2. The molecule has 1 atom stereocenters. The van der Waals surface area contributed by atoms with Crippen LogP contribution in [0, 0.1) is 5.92 Å². The van der Waals surface area contributed by atoms with Gasteiger partial charge in [0.15, 0.2) is 14.6 Å². The van der Waals surface area contributed by atoms with Crippen molar-refractivity contribution in [1.29, 1.82) is 0 Å². The van der Waals surface area contributed by atoms with E-state index in [1.807, 2.05) is 25.1 Å². The fourth-order valence-corrected chi connectivity index (χ4v) is 8.21. The molecule has 4 rings (SSSR count). The molecule has 0 saturated heterocycles. The zero-order valence-corrected chi connectivity index (χ0v) is 25.7. The highest BCUT2D eigenvalue weighted by Gasteiger charge is 2.30. The fourth-order valence-electron chi connectivity index (χ4n) is 4.70. The summed E-state index contributed by atoms with van der Waals surface area (Å²) in [4.78, 5) is 43.6. The normalized spacial score (nSPS) is 15.4. The molecule has 1 aliphatic carbocycles. The summed E-state index contributed by atoms with van der Waals surface area (Å²) in [6, 6.07) is 5.49. The van der Waals surface area contributed by atoms with Crippen molar-refractivity contribution in [1.82, 2.24) is 4.57 Å². The lowest BCUT2D eigenvalue weighted by atomic mass is 9.88. The van der Waals surface area contributed by atoms with E-state index in [4.69, 9.17) is 9.47 Å². The number of rotatable bonds is 11. The summed E-state index contributed by atoms with van der Waals surface area (Å²) >= 11 is 2.50. The lowest BCUT2D eigenvalue weighted by Gasteiger charge is -2.18. The number of anilines is 1. The van der Waals surface area contributed by atoms with Gasteiger partial charge in [0.05, 0.1) is 29.0 Å². The molecule has 2 amide bonds. The number of hydrogen-bond donors (Lipinski definition) is 1. The molecule has 2 heterocycles. The van der Waals surface area contributed by atoms with Gasteiger partial charge in [-0.2, -0.15) is 4.99 Å². The zero-order valence-electron chi connectivity index (χ0n) is 23.2. The number of carbonyl (C=O) groups is 3. The number of nitrogens with one attached hydrogen (secondary N) is 1. The van der Waals surface area contributed by atoms with Gasteiger partial charge in [0.25, 0.3) is 5.91 Å². The molecule has 1 aliphatic rings. The molecule has 0 saturated carbocycles. The molecule has 1 unspecified atom stereocenters. The molecular formula is C28H33N3O7S3. The Hall–Kier alpha value is -3.29. The molecule has 0 fully saturated rings. The molecule has 10 nitrogen and oxygen atoms in total. The van der Waals surface area contributed by atoms with Gasteiger partial charge in [-0.15, -0.1) is 17.9 Å². The van der Waals surface area contributed by atoms with Crippen LogP contribution < -0.4 is 14.9 Å². The molecule has 1 aromatic carbocycles. The van der Waals surface area contributed by atoms with E-state index >= 15 is 0 Å². The van der Waals surface area contributed by atoms with Crippen LogP contribution in [0.15, 0.2) is 35.8 Å². The SMILES string of the molecule is C=CCn1c(=NC(=O)CS(=O)(=O)CC(=O)Nc2sc3c(c2C(=O)OCC)CCC(C)C3)sc2cc(OCC)ccc21. The van der Waals surface area contributed by atoms with Crippen LogP contribution in [0.3, 0.4) is 0 Å². The summed E-state index contributed by atoms with van der Waals surface area (Å²) in [6.45, 7) is 10.5. The third kappa shape index (κ3) is 7.32. The number of carbonyl (C=O) groups excluding carboxylic acids is 3. The number of amides is 2. The molecule has 0 radical (unpaired) electrons. The van der Waals surface area contributed by atoms with E-state index in [1.54, 1.807) is 17.6 Å². The molecule has 2 aromatic heterocycles. The summed E-state index contributed by atoms with van der Waals surface area (Å²) in [5, 5.41) is 2.87. The Morgan fingerprint density at radius 3 is 2.68 bits per heavy atom. The number of fused-ring (bicyclic) bond motifs is 2. The number of allylic oxidation sites excluding steroid dienone is 1. The molecule has 0 aliphatic heterocycles. The van der Waals surface area contributed by atoms with E-state index < -0.39 is 39.1 Å². The molecule has 0 bridgehead atoms. The van der Waals surface area contributed by atoms with Crippen LogP contribution in [0.25, 0.3) is 10.2 Å². The minimum absolute atomic E-state index is 0.174. The Morgan fingerprint density at radius 2 is 1.98 bits per heavy atom. The van der Waals surface area contributed by atoms with Crippen LogP contribution in [-0.2, 0) is 43.5 Å². The first-order valence-electron chi connectivity index (χ1n) is 13.3. The van der Waals surface area contributed by atoms with Crippen molar-refractivity contribution in [2.24, 2.45) is 10.9 Å². The third-order valence-electron chi connectivity index (χ3n) is 6.44. The molecule has 41 heavy (non-hydrogen) atoms. The number of benzene rings is 1. The quantitative estimate of drug-likeness (QED) is 0.252. The summed E-state index contributed by atoms with van der Waals surface area (Å²) in [5.74, 6) is -3.01. The highest BCUT2D eigenvalue weighted by molar-refractivity contribution is 7.92. The van der Waals surface area contributed by atoms with Gasteiger partial charge in [-0.3, -0.25) is 9.59 Å². The first kappa shape index (κ1) is 30.7.